The van der Waals surface area contributed by atoms with Gasteiger partial charge in [-0.25, -0.2) is 9.59 Å². The number of nitrogens with one attached hydrogen (secondary N) is 2. The van der Waals surface area contributed by atoms with Crippen LogP contribution in [0.15, 0.2) is 170 Å². The second-order valence-electron chi connectivity index (χ2n) is 12.8. The van der Waals surface area contributed by atoms with E-state index in [1.165, 1.54) is 11.1 Å². The number of halogens is 2. The summed E-state index contributed by atoms with van der Waals surface area (Å²) in [7, 11) is 0. The second kappa shape index (κ2) is 16.2. The fourth-order valence-electron chi connectivity index (χ4n) is 7.16. The lowest BCUT2D eigenvalue weighted by atomic mass is 9.94. The highest BCUT2D eigenvalue weighted by atomic mass is 35.5. The van der Waals surface area contributed by atoms with Crippen LogP contribution in [0.4, 0.5) is 21.0 Å². The molecule has 8 rings (SSSR count). The van der Waals surface area contributed by atoms with Gasteiger partial charge in [-0.1, -0.05) is 169 Å². The average Bonchev–Trinajstić information content (AvgIpc) is 3.68. The minimum atomic E-state index is -0.121. The molecule has 4 amide bonds. The number of carbonyl (C=O) groups excluding carboxylic acids is 2. The van der Waals surface area contributed by atoms with E-state index in [-0.39, 0.29) is 36.2 Å². The molecular weight excluding hydrogens is 687 g/mol. The normalized spacial score (nSPS) is 19.4. The molecule has 0 aromatic heterocycles. The molecule has 2 saturated heterocycles. The van der Waals surface area contributed by atoms with Gasteiger partial charge in [0.15, 0.2) is 0 Å². The van der Waals surface area contributed by atoms with Gasteiger partial charge in [-0.15, -0.1) is 0 Å². The zero-order valence-electron chi connectivity index (χ0n) is 28.4. The third-order valence-corrected chi connectivity index (χ3v) is 10.1. The Kier molecular flexibility index (Phi) is 10.9. The van der Waals surface area contributed by atoms with Crippen molar-refractivity contribution in [1.29, 1.82) is 0 Å². The minimum absolute atomic E-state index is 0.0384. The quantitative estimate of drug-likeness (QED) is 0.164. The predicted octanol–water partition coefficient (Wildman–Crippen LogP) is 10.4. The smallest absolute Gasteiger partial charge is 0.322 e. The van der Waals surface area contributed by atoms with Crippen LogP contribution in [-0.2, 0) is 12.8 Å². The molecule has 2 fully saturated rings. The average molecular weight is 726 g/mol. The van der Waals surface area contributed by atoms with Crippen molar-refractivity contribution in [3.8, 4) is 0 Å². The van der Waals surface area contributed by atoms with Crippen LogP contribution in [0.1, 0.15) is 34.3 Å². The molecule has 0 bridgehead atoms. The number of hydrogen-bond donors (Lipinski definition) is 2. The molecule has 0 spiro atoms. The van der Waals surface area contributed by atoms with E-state index >= 15 is 0 Å². The second-order valence-corrected chi connectivity index (χ2v) is 13.7. The number of amides is 4. The molecule has 2 aliphatic rings. The Bertz CT molecular complexity index is 1950. The maximum Gasteiger partial charge on any atom is 0.322 e. The number of carbonyl (C=O) groups is 2. The lowest BCUT2D eigenvalue weighted by molar-refractivity contribution is 0.250. The monoisotopic (exact) mass is 724 g/mol. The zero-order chi connectivity index (χ0) is 35.9. The van der Waals surface area contributed by atoms with Gasteiger partial charge in [-0.3, -0.25) is 9.80 Å². The van der Waals surface area contributed by atoms with E-state index in [9.17, 15) is 9.59 Å². The summed E-state index contributed by atoms with van der Waals surface area (Å²) in [5.74, 6) is 0. The number of para-hydroxylation sites is 2. The summed E-state index contributed by atoms with van der Waals surface area (Å²) < 4.78 is 0. The van der Waals surface area contributed by atoms with Crippen molar-refractivity contribution in [2.75, 3.05) is 9.80 Å². The molecule has 2 N–H and O–H groups in total. The van der Waals surface area contributed by atoms with Crippen LogP contribution in [0.3, 0.4) is 0 Å². The summed E-state index contributed by atoms with van der Waals surface area (Å²) in [5, 5.41) is 7.46. The number of rotatable bonds is 8. The maximum absolute atomic E-state index is 12.9. The number of anilines is 2. The lowest BCUT2D eigenvalue weighted by Gasteiger charge is -2.27. The van der Waals surface area contributed by atoms with Crippen molar-refractivity contribution in [2.45, 2.75) is 37.0 Å². The van der Waals surface area contributed by atoms with E-state index in [1.54, 1.807) is 9.80 Å². The Balaban J connectivity index is 0.000000162. The van der Waals surface area contributed by atoms with Gasteiger partial charge in [0.05, 0.1) is 45.6 Å². The summed E-state index contributed by atoms with van der Waals surface area (Å²) in [5.41, 5.74) is 6.03. The van der Waals surface area contributed by atoms with Crippen LogP contribution in [-0.4, -0.2) is 24.1 Å². The number of nitrogens with zero attached hydrogens (tertiary/aromatic N) is 2. The summed E-state index contributed by atoms with van der Waals surface area (Å²) >= 11 is 12.8. The first-order chi connectivity index (χ1) is 25.5. The molecule has 6 aromatic carbocycles. The predicted molar refractivity (Wildman–Crippen MR) is 211 cm³/mol. The molecule has 4 atom stereocenters. The Hall–Kier alpha value is -5.56. The fraction of sp³-hybridized carbons (Fsp3) is 0.136. The first-order valence-corrected chi connectivity index (χ1v) is 18.1. The first-order valence-electron chi connectivity index (χ1n) is 17.3. The van der Waals surface area contributed by atoms with Crippen molar-refractivity contribution >= 4 is 46.6 Å². The standard InChI is InChI=1S/2C22H19ClN2O/c2*23-18-13-7-8-14-20(18)25-21(17-11-5-2-6-12-17)19(24-22(25)26)15-16-9-3-1-4-10-16/h2*1-14,19,21H,15H2,(H,24,26)/t2*19-,21+/m10/s1. The zero-order valence-corrected chi connectivity index (χ0v) is 29.9. The summed E-state index contributed by atoms with van der Waals surface area (Å²) in [4.78, 5) is 29.3. The van der Waals surface area contributed by atoms with Gasteiger partial charge in [-0.05, 0) is 59.4 Å². The Labute approximate surface area is 314 Å². The third kappa shape index (κ3) is 7.69. The maximum atomic E-state index is 12.9. The van der Waals surface area contributed by atoms with Gasteiger partial charge in [0.1, 0.15) is 0 Å². The van der Waals surface area contributed by atoms with Gasteiger partial charge < -0.3 is 10.6 Å². The molecule has 260 valence electrons. The molecule has 6 nitrogen and oxygen atoms in total. The number of hydrogen-bond acceptors (Lipinski definition) is 2. The molecular formula is C44H38Cl2N4O2. The third-order valence-electron chi connectivity index (χ3n) is 9.48. The van der Waals surface area contributed by atoms with Crippen molar-refractivity contribution in [2.24, 2.45) is 0 Å². The van der Waals surface area contributed by atoms with Gasteiger partial charge in [0, 0.05) is 0 Å². The van der Waals surface area contributed by atoms with Gasteiger partial charge >= 0.3 is 12.1 Å². The fourth-order valence-corrected chi connectivity index (χ4v) is 7.62. The summed E-state index contributed by atoms with van der Waals surface area (Å²) in [6.45, 7) is 0. The molecule has 52 heavy (non-hydrogen) atoms. The van der Waals surface area contributed by atoms with Crippen LogP contribution >= 0.6 is 23.2 Å². The molecule has 0 unspecified atom stereocenters. The van der Waals surface area contributed by atoms with Crippen molar-refractivity contribution in [3.63, 3.8) is 0 Å². The van der Waals surface area contributed by atoms with E-state index in [0.717, 1.165) is 35.3 Å². The highest BCUT2D eigenvalue weighted by Gasteiger charge is 2.43. The van der Waals surface area contributed by atoms with Crippen LogP contribution < -0.4 is 20.4 Å². The Morgan fingerprint density at radius 1 is 0.423 bits per heavy atom. The summed E-state index contributed by atoms with van der Waals surface area (Å²) in [6, 6.07) is 55.1. The van der Waals surface area contributed by atoms with Crippen molar-refractivity contribution in [3.05, 3.63) is 202 Å². The van der Waals surface area contributed by atoms with E-state index < -0.39 is 0 Å². The first kappa shape index (κ1) is 34.9. The van der Waals surface area contributed by atoms with Crippen molar-refractivity contribution < 1.29 is 9.59 Å². The Morgan fingerprint density at radius 3 is 1.08 bits per heavy atom. The van der Waals surface area contributed by atoms with E-state index in [2.05, 4.69) is 59.2 Å². The molecule has 0 radical (unpaired) electrons. The highest BCUT2D eigenvalue weighted by molar-refractivity contribution is 6.34. The van der Waals surface area contributed by atoms with E-state index in [1.807, 2.05) is 121 Å². The summed E-state index contributed by atoms with van der Waals surface area (Å²) in [6.07, 6.45) is 1.51. The number of urea groups is 2. The number of benzene rings is 6. The Morgan fingerprint density at radius 2 is 0.731 bits per heavy atom. The largest absolute Gasteiger partial charge is 0.332 e. The molecule has 2 aliphatic heterocycles. The van der Waals surface area contributed by atoms with Crippen LogP contribution in [0.5, 0.6) is 0 Å². The molecule has 0 aliphatic carbocycles. The topological polar surface area (TPSA) is 64.7 Å². The van der Waals surface area contributed by atoms with Gasteiger partial charge in [0.2, 0.25) is 0 Å². The lowest BCUT2D eigenvalue weighted by Crippen LogP contribution is -2.30. The van der Waals surface area contributed by atoms with Crippen LogP contribution in [0, 0.1) is 0 Å². The molecule has 2 heterocycles. The highest BCUT2D eigenvalue weighted by Crippen LogP contribution is 2.40. The van der Waals surface area contributed by atoms with Crippen molar-refractivity contribution in [1.82, 2.24) is 10.6 Å². The molecule has 0 saturated carbocycles. The molecule has 8 heteroatoms. The van der Waals surface area contributed by atoms with Gasteiger partial charge in [0.25, 0.3) is 0 Å². The van der Waals surface area contributed by atoms with Gasteiger partial charge in [-0.2, -0.15) is 0 Å². The molecule has 6 aromatic rings. The van der Waals surface area contributed by atoms with Crippen LogP contribution in [0.2, 0.25) is 10.0 Å². The SMILES string of the molecule is O=C1N[C@@H](Cc2ccccc2)[C@@H](c2ccccc2)N1c1ccccc1Cl.O=C1N[C@H](Cc2ccccc2)[C@H](c2ccccc2)N1c1ccccc1Cl. The van der Waals surface area contributed by atoms with E-state index in [0.29, 0.717) is 10.0 Å². The van der Waals surface area contributed by atoms with E-state index in [4.69, 9.17) is 23.2 Å². The minimum Gasteiger partial charge on any atom is -0.332 e. The van der Waals surface area contributed by atoms with Crippen LogP contribution in [0.25, 0.3) is 0 Å².